The van der Waals surface area contributed by atoms with Crippen LogP contribution in [0, 0.1) is 0 Å². The number of fused-ring (bicyclic) bond motifs is 1. The fourth-order valence-corrected chi connectivity index (χ4v) is 2.28. The number of aromatic nitrogens is 4. The van der Waals surface area contributed by atoms with Gasteiger partial charge >= 0.3 is 0 Å². The van der Waals surface area contributed by atoms with E-state index in [-0.39, 0.29) is 0 Å². The van der Waals surface area contributed by atoms with Gasteiger partial charge in [0.25, 0.3) is 5.78 Å². The Morgan fingerprint density at radius 3 is 2.76 bits per heavy atom. The first-order valence-corrected chi connectivity index (χ1v) is 7.03. The zero-order chi connectivity index (χ0) is 11.8. The monoisotopic (exact) mass is 308 g/mol. The predicted octanol–water partition coefficient (Wildman–Crippen LogP) is 3.21. The maximum atomic E-state index is 4.34. The molecule has 0 bridgehead atoms. The van der Waals surface area contributed by atoms with Crippen molar-refractivity contribution in [2.75, 3.05) is 6.26 Å². The molecule has 2 heterocycles. The molecule has 1 aromatic carbocycles. The summed E-state index contributed by atoms with van der Waals surface area (Å²) in [6.07, 6.45) is 3.81. The van der Waals surface area contributed by atoms with Gasteiger partial charge in [-0.25, -0.2) is 9.50 Å². The summed E-state index contributed by atoms with van der Waals surface area (Å²) in [6.45, 7) is 0. The Kier molecular flexibility index (Phi) is 2.68. The number of hydrogen-bond acceptors (Lipinski definition) is 3. The standard InChI is InChI=1S/C11H9BrN4S/c1-17-11-14-10-13-6-9(16(10)15-11)7-2-4-8(12)5-3-7/h2-6H,1H3,(H,13,14,15). The molecule has 17 heavy (non-hydrogen) atoms. The van der Waals surface area contributed by atoms with Crippen molar-refractivity contribution < 1.29 is 0 Å². The normalized spacial score (nSPS) is 11.2. The van der Waals surface area contributed by atoms with E-state index in [0.29, 0.717) is 5.78 Å². The van der Waals surface area contributed by atoms with Crippen molar-refractivity contribution in [2.24, 2.45) is 0 Å². The molecular weight excluding hydrogens is 300 g/mol. The zero-order valence-electron chi connectivity index (χ0n) is 9.01. The second-order valence-corrected chi connectivity index (χ2v) is 5.23. The largest absolute Gasteiger partial charge is 0.269 e. The maximum Gasteiger partial charge on any atom is 0.251 e. The number of thioether (sulfide) groups is 1. The second-order valence-electron chi connectivity index (χ2n) is 3.52. The highest BCUT2D eigenvalue weighted by Gasteiger charge is 2.09. The molecule has 4 nitrogen and oxygen atoms in total. The van der Waals surface area contributed by atoms with Gasteiger partial charge in [-0.3, -0.25) is 5.10 Å². The first-order valence-electron chi connectivity index (χ1n) is 5.01. The van der Waals surface area contributed by atoms with Crippen LogP contribution in [0.15, 0.2) is 40.1 Å². The van der Waals surface area contributed by atoms with Gasteiger partial charge in [0.15, 0.2) is 5.16 Å². The van der Waals surface area contributed by atoms with Crippen LogP contribution in [0.25, 0.3) is 17.0 Å². The molecular formula is C11H9BrN4S. The van der Waals surface area contributed by atoms with Crippen molar-refractivity contribution in [3.8, 4) is 11.3 Å². The number of nitrogens with zero attached hydrogens (tertiary/aromatic N) is 3. The number of benzene rings is 1. The molecule has 3 rings (SSSR count). The van der Waals surface area contributed by atoms with Gasteiger partial charge in [-0.05, 0) is 18.4 Å². The van der Waals surface area contributed by atoms with Gasteiger partial charge in [-0.15, -0.1) is 0 Å². The Balaban J connectivity index is 2.16. The van der Waals surface area contributed by atoms with Gasteiger partial charge in [0.1, 0.15) is 0 Å². The van der Waals surface area contributed by atoms with Crippen LogP contribution < -0.4 is 0 Å². The maximum absolute atomic E-state index is 4.34. The van der Waals surface area contributed by atoms with Crippen molar-refractivity contribution in [1.29, 1.82) is 0 Å². The van der Waals surface area contributed by atoms with E-state index in [0.717, 1.165) is 20.9 Å². The van der Waals surface area contributed by atoms with Crippen LogP contribution in [0.4, 0.5) is 0 Å². The minimum atomic E-state index is 0.701. The first-order chi connectivity index (χ1) is 8.28. The van der Waals surface area contributed by atoms with E-state index in [4.69, 9.17) is 0 Å². The Bertz CT molecular complexity index is 656. The summed E-state index contributed by atoms with van der Waals surface area (Å²) in [5.41, 5.74) is 2.12. The zero-order valence-corrected chi connectivity index (χ0v) is 11.4. The Labute approximate surface area is 111 Å². The Hall–Kier alpha value is -1.27. The summed E-state index contributed by atoms with van der Waals surface area (Å²) in [4.78, 5) is 8.63. The lowest BCUT2D eigenvalue weighted by Crippen LogP contribution is -1.88. The molecule has 0 aliphatic carbocycles. The number of H-pyrrole nitrogens is 1. The van der Waals surface area contributed by atoms with Crippen LogP contribution in [0.2, 0.25) is 0 Å². The summed E-state index contributed by atoms with van der Waals surface area (Å²) in [5.74, 6) is 0.701. The fraction of sp³-hybridized carbons (Fsp3) is 0.0909. The highest BCUT2D eigenvalue weighted by Crippen LogP contribution is 2.23. The van der Waals surface area contributed by atoms with Crippen molar-refractivity contribution >= 4 is 33.5 Å². The number of nitrogens with one attached hydrogen (secondary N) is 1. The van der Waals surface area contributed by atoms with Gasteiger partial charge in [0, 0.05) is 10.0 Å². The van der Waals surface area contributed by atoms with E-state index in [1.165, 1.54) is 0 Å². The van der Waals surface area contributed by atoms with Crippen LogP contribution >= 0.6 is 27.7 Å². The number of halogens is 1. The predicted molar refractivity (Wildman–Crippen MR) is 72.3 cm³/mol. The third-order valence-electron chi connectivity index (χ3n) is 2.49. The molecule has 0 radical (unpaired) electrons. The van der Waals surface area contributed by atoms with E-state index in [2.05, 4.69) is 31.0 Å². The van der Waals surface area contributed by atoms with Crippen LogP contribution in [-0.4, -0.2) is 25.8 Å². The molecule has 0 unspecified atom stereocenters. The second kappa shape index (κ2) is 4.19. The highest BCUT2D eigenvalue weighted by molar-refractivity contribution is 9.10. The van der Waals surface area contributed by atoms with Crippen LogP contribution in [-0.2, 0) is 0 Å². The van der Waals surface area contributed by atoms with E-state index >= 15 is 0 Å². The highest BCUT2D eigenvalue weighted by atomic mass is 79.9. The number of rotatable bonds is 2. The van der Waals surface area contributed by atoms with E-state index in [1.54, 1.807) is 11.8 Å². The fourth-order valence-electron chi connectivity index (χ4n) is 1.66. The minimum Gasteiger partial charge on any atom is -0.269 e. The van der Waals surface area contributed by atoms with E-state index < -0.39 is 0 Å². The SMILES string of the molecule is CSc1nc2ncc(-c3ccc(Br)cc3)n2[nH]1. The van der Waals surface area contributed by atoms with Gasteiger partial charge in [-0.1, -0.05) is 39.8 Å². The average molecular weight is 309 g/mol. The van der Waals surface area contributed by atoms with Crippen LogP contribution in [0.3, 0.4) is 0 Å². The van der Waals surface area contributed by atoms with E-state index in [1.807, 2.05) is 41.2 Å². The van der Waals surface area contributed by atoms with Crippen molar-refractivity contribution in [3.63, 3.8) is 0 Å². The summed E-state index contributed by atoms with van der Waals surface area (Å²) in [6, 6.07) is 8.13. The lowest BCUT2D eigenvalue weighted by atomic mass is 10.2. The van der Waals surface area contributed by atoms with Crippen molar-refractivity contribution in [3.05, 3.63) is 34.9 Å². The van der Waals surface area contributed by atoms with Gasteiger partial charge in [0.05, 0.1) is 11.9 Å². The third-order valence-corrected chi connectivity index (χ3v) is 3.58. The Morgan fingerprint density at radius 1 is 1.29 bits per heavy atom. The molecule has 0 aliphatic rings. The molecule has 3 aromatic rings. The minimum absolute atomic E-state index is 0.701. The van der Waals surface area contributed by atoms with Crippen molar-refractivity contribution in [1.82, 2.24) is 19.6 Å². The molecule has 0 fully saturated rings. The van der Waals surface area contributed by atoms with Gasteiger partial charge in [0.2, 0.25) is 0 Å². The third kappa shape index (κ3) is 1.87. The molecule has 0 saturated heterocycles. The number of imidazole rings is 1. The molecule has 2 aromatic heterocycles. The average Bonchev–Trinajstić information content (AvgIpc) is 2.89. The lowest BCUT2D eigenvalue weighted by molar-refractivity contribution is 0.900. The summed E-state index contributed by atoms with van der Waals surface area (Å²) >= 11 is 5.00. The first kappa shape index (κ1) is 10.9. The van der Waals surface area contributed by atoms with E-state index in [9.17, 15) is 0 Å². The molecule has 86 valence electrons. The van der Waals surface area contributed by atoms with Crippen LogP contribution in [0.1, 0.15) is 0 Å². The smallest absolute Gasteiger partial charge is 0.251 e. The molecule has 0 spiro atoms. The molecule has 6 heteroatoms. The number of hydrogen-bond donors (Lipinski definition) is 1. The Morgan fingerprint density at radius 2 is 2.06 bits per heavy atom. The van der Waals surface area contributed by atoms with Gasteiger partial charge in [-0.2, -0.15) is 4.98 Å². The van der Waals surface area contributed by atoms with Crippen molar-refractivity contribution in [2.45, 2.75) is 5.16 Å². The molecule has 0 amide bonds. The topological polar surface area (TPSA) is 46.0 Å². The molecule has 1 N–H and O–H groups in total. The quantitative estimate of drug-likeness (QED) is 0.739. The number of aromatic amines is 1. The summed E-state index contributed by atoms with van der Waals surface area (Å²) in [5, 5.41) is 4.07. The molecule has 0 saturated carbocycles. The lowest BCUT2D eigenvalue weighted by Gasteiger charge is -1.99. The molecule has 0 atom stereocenters. The summed E-state index contributed by atoms with van der Waals surface area (Å²) in [7, 11) is 0. The molecule has 0 aliphatic heterocycles. The van der Waals surface area contributed by atoms with Gasteiger partial charge < -0.3 is 0 Å². The summed E-state index contributed by atoms with van der Waals surface area (Å²) < 4.78 is 2.96. The van der Waals surface area contributed by atoms with Crippen LogP contribution in [0.5, 0.6) is 0 Å².